The lowest BCUT2D eigenvalue weighted by molar-refractivity contribution is -0.147. The van der Waals surface area contributed by atoms with Gasteiger partial charge >= 0.3 is 0 Å². The van der Waals surface area contributed by atoms with E-state index in [1.807, 2.05) is 35.2 Å². The van der Waals surface area contributed by atoms with Crippen LogP contribution in [0.25, 0.3) is 0 Å². The molecule has 0 radical (unpaired) electrons. The van der Waals surface area contributed by atoms with Crippen LogP contribution in [0.15, 0.2) is 30.3 Å². The zero-order valence-electron chi connectivity index (χ0n) is 17.5. The third-order valence-electron chi connectivity index (χ3n) is 6.78. The molecule has 1 amide bonds. The standard InChI is InChI=1S/C22H34N4O3/c1-23-9-11-25(12-10-23)20-17-26(21(27)18-24-13-15-29-16-14-24)8-7-22(20,28)19-5-3-2-4-6-19/h2-6,20,28H,7-18H2,1H3/t20-,22+/m1/s1. The Morgan fingerprint density at radius 2 is 1.76 bits per heavy atom. The van der Waals surface area contributed by atoms with Gasteiger partial charge in [0.15, 0.2) is 0 Å². The number of piperidine rings is 1. The molecule has 4 rings (SSSR count). The number of likely N-dealkylation sites (N-methyl/N-ethyl adjacent to an activating group) is 1. The number of carbonyl (C=O) groups is 1. The van der Waals surface area contributed by atoms with Crippen molar-refractivity contribution in [1.29, 1.82) is 0 Å². The van der Waals surface area contributed by atoms with Crippen molar-refractivity contribution in [3.05, 3.63) is 35.9 Å². The molecule has 7 nitrogen and oxygen atoms in total. The molecule has 3 heterocycles. The molecule has 0 aliphatic carbocycles. The first-order valence-corrected chi connectivity index (χ1v) is 10.8. The molecular weight excluding hydrogens is 368 g/mol. The minimum atomic E-state index is -0.924. The van der Waals surface area contributed by atoms with Crippen LogP contribution in [0.5, 0.6) is 0 Å². The molecule has 3 aliphatic heterocycles. The Kier molecular flexibility index (Phi) is 6.51. The molecule has 3 saturated heterocycles. The number of hydrogen-bond donors (Lipinski definition) is 1. The smallest absolute Gasteiger partial charge is 0.236 e. The number of nitrogens with zero attached hydrogens (tertiary/aromatic N) is 4. The van der Waals surface area contributed by atoms with Crippen LogP contribution >= 0.6 is 0 Å². The van der Waals surface area contributed by atoms with E-state index < -0.39 is 5.60 Å². The molecule has 0 saturated carbocycles. The summed E-state index contributed by atoms with van der Waals surface area (Å²) >= 11 is 0. The Morgan fingerprint density at radius 1 is 1.07 bits per heavy atom. The monoisotopic (exact) mass is 402 g/mol. The van der Waals surface area contributed by atoms with Gasteiger partial charge in [-0.15, -0.1) is 0 Å². The summed E-state index contributed by atoms with van der Waals surface area (Å²) in [5.74, 6) is 0.168. The fourth-order valence-corrected chi connectivity index (χ4v) is 4.81. The SMILES string of the molecule is CN1CCN([C@@H]2CN(C(=O)CN3CCOCC3)CC[C@]2(O)c2ccccc2)CC1. The van der Waals surface area contributed by atoms with Gasteiger partial charge < -0.3 is 19.6 Å². The highest BCUT2D eigenvalue weighted by Crippen LogP contribution is 2.36. The molecule has 160 valence electrons. The van der Waals surface area contributed by atoms with E-state index in [9.17, 15) is 9.90 Å². The number of amides is 1. The Morgan fingerprint density at radius 3 is 2.45 bits per heavy atom. The minimum absolute atomic E-state index is 0.0824. The average molecular weight is 403 g/mol. The van der Waals surface area contributed by atoms with Crippen LogP contribution in [0.3, 0.4) is 0 Å². The van der Waals surface area contributed by atoms with Crippen molar-refractivity contribution >= 4 is 5.91 Å². The highest BCUT2D eigenvalue weighted by Gasteiger charge is 2.47. The Balaban J connectivity index is 1.50. The summed E-state index contributed by atoms with van der Waals surface area (Å²) in [4.78, 5) is 21.9. The van der Waals surface area contributed by atoms with E-state index in [1.54, 1.807) is 0 Å². The summed E-state index contributed by atoms with van der Waals surface area (Å²) in [5, 5.41) is 11.8. The van der Waals surface area contributed by atoms with E-state index in [0.717, 1.165) is 44.8 Å². The van der Waals surface area contributed by atoms with Crippen molar-refractivity contribution in [3.8, 4) is 0 Å². The number of aliphatic hydroxyl groups is 1. The predicted octanol–water partition coefficient (Wildman–Crippen LogP) is 0.0547. The normalized spacial score (nSPS) is 30.4. The summed E-state index contributed by atoms with van der Waals surface area (Å²) in [7, 11) is 2.14. The van der Waals surface area contributed by atoms with Crippen LogP contribution in [-0.2, 0) is 15.1 Å². The quantitative estimate of drug-likeness (QED) is 0.768. The number of carbonyl (C=O) groups excluding carboxylic acids is 1. The molecule has 0 unspecified atom stereocenters. The second-order valence-electron chi connectivity index (χ2n) is 8.62. The number of morpholine rings is 1. The second kappa shape index (κ2) is 9.10. The fourth-order valence-electron chi connectivity index (χ4n) is 4.81. The lowest BCUT2D eigenvalue weighted by atomic mass is 9.79. The van der Waals surface area contributed by atoms with E-state index in [4.69, 9.17) is 4.74 Å². The van der Waals surface area contributed by atoms with Crippen molar-refractivity contribution < 1.29 is 14.6 Å². The van der Waals surface area contributed by atoms with Crippen LogP contribution in [0.4, 0.5) is 0 Å². The van der Waals surface area contributed by atoms with Crippen molar-refractivity contribution in [2.45, 2.75) is 18.1 Å². The largest absolute Gasteiger partial charge is 0.383 e. The number of likely N-dealkylation sites (tertiary alicyclic amines) is 1. The first kappa shape index (κ1) is 20.8. The molecule has 7 heteroatoms. The maximum Gasteiger partial charge on any atom is 0.236 e. The van der Waals surface area contributed by atoms with Crippen LogP contribution in [0.2, 0.25) is 0 Å². The second-order valence-corrected chi connectivity index (χ2v) is 8.62. The number of ether oxygens (including phenoxy) is 1. The van der Waals surface area contributed by atoms with Crippen molar-refractivity contribution in [2.75, 3.05) is 79.2 Å². The molecule has 1 aromatic rings. The van der Waals surface area contributed by atoms with Gasteiger partial charge in [-0.2, -0.15) is 0 Å². The molecule has 29 heavy (non-hydrogen) atoms. The van der Waals surface area contributed by atoms with E-state index in [1.165, 1.54) is 0 Å². The summed E-state index contributed by atoms with van der Waals surface area (Å²) in [6.45, 7) is 8.47. The van der Waals surface area contributed by atoms with Crippen molar-refractivity contribution in [2.24, 2.45) is 0 Å². The van der Waals surface area contributed by atoms with E-state index in [2.05, 4.69) is 21.7 Å². The maximum absolute atomic E-state index is 13.0. The average Bonchev–Trinajstić information content (AvgIpc) is 2.76. The van der Waals surface area contributed by atoms with Crippen LogP contribution in [0, 0.1) is 0 Å². The molecule has 3 fully saturated rings. The lowest BCUT2D eigenvalue weighted by Crippen LogP contribution is -2.64. The van der Waals surface area contributed by atoms with Crippen molar-refractivity contribution in [1.82, 2.24) is 19.6 Å². The zero-order valence-corrected chi connectivity index (χ0v) is 17.5. The van der Waals surface area contributed by atoms with Gasteiger partial charge in [-0.05, 0) is 19.0 Å². The maximum atomic E-state index is 13.0. The van der Waals surface area contributed by atoms with E-state index >= 15 is 0 Å². The van der Waals surface area contributed by atoms with Gasteiger partial charge in [0.25, 0.3) is 0 Å². The van der Waals surface area contributed by atoms with Gasteiger partial charge in [-0.3, -0.25) is 14.6 Å². The number of piperazine rings is 1. The number of hydrogen-bond acceptors (Lipinski definition) is 6. The van der Waals surface area contributed by atoms with Crippen LogP contribution < -0.4 is 0 Å². The molecule has 1 aromatic carbocycles. The molecule has 0 aromatic heterocycles. The molecule has 3 aliphatic rings. The first-order valence-electron chi connectivity index (χ1n) is 10.8. The molecule has 0 spiro atoms. The zero-order chi connectivity index (χ0) is 20.3. The van der Waals surface area contributed by atoms with Crippen molar-refractivity contribution in [3.63, 3.8) is 0 Å². The molecule has 1 N–H and O–H groups in total. The van der Waals surface area contributed by atoms with Crippen LogP contribution in [0.1, 0.15) is 12.0 Å². The van der Waals surface area contributed by atoms with Gasteiger partial charge in [0.05, 0.1) is 25.8 Å². The van der Waals surface area contributed by atoms with E-state index in [0.29, 0.717) is 39.3 Å². The minimum Gasteiger partial charge on any atom is -0.383 e. The third kappa shape index (κ3) is 4.64. The summed E-state index contributed by atoms with van der Waals surface area (Å²) in [5.41, 5.74) is 0.0385. The molecule has 0 bridgehead atoms. The molecular formula is C22H34N4O3. The summed E-state index contributed by atoms with van der Waals surface area (Å²) in [6, 6.07) is 9.93. The Hall–Kier alpha value is -1.51. The van der Waals surface area contributed by atoms with Gasteiger partial charge in [0, 0.05) is 52.4 Å². The third-order valence-corrected chi connectivity index (χ3v) is 6.78. The van der Waals surface area contributed by atoms with Gasteiger partial charge in [-0.1, -0.05) is 30.3 Å². The van der Waals surface area contributed by atoms with Gasteiger partial charge in [0.1, 0.15) is 5.60 Å². The highest BCUT2D eigenvalue weighted by atomic mass is 16.5. The van der Waals surface area contributed by atoms with Gasteiger partial charge in [-0.25, -0.2) is 0 Å². The predicted molar refractivity (Wildman–Crippen MR) is 112 cm³/mol. The Labute approximate surface area is 173 Å². The molecule has 2 atom stereocenters. The highest BCUT2D eigenvalue weighted by molar-refractivity contribution is 5.78. The summed E-state index contributed by atoms with van der Waals surface area (Å²) in [6.07, 6.45) is 0.572. The fraction of sp³-hybridized carbons (Fsp3) is 0.682. The lowest BCUT2D eigenvalue weighted by Gasteiger charge is -2.51. The Bertz CT molecular complexity index is 674. The van der Waals surface area contributed by atoms with Gasteiger partial charge in [0.2, 0.25) is 5.91 Å². The van der Waals surface area contributed by atoms with Crippen LogP contribution in [-0.4, -0.2) is 116 Å². The number of benzene rings is 1. The number of rotatable bonds is 4. The summed E-state index contributed by atoms with van der Waals surface area (Å²) < 4.78 is 5.40. The topological polar surface area (TPSA) is 59.5 Å². The van der Waals surface area contributed by atoms with E-state index in [-0.39, 0.29) is 11.9 Å². The first-order chi connectivity index (χ1) is 14.1.